The molecule has 4 heteroatoms. The lowest BCUT2D eigenvalue weighted by molar-refractivity contribution is 0.465. The van der Waals surface area contributed by atoms with Crippen molar-refractivity contribution in [2.24, 2.45) is 4.99 Å². The van der Waals surface area contributed by atoms with Crippen LogP contribution in [0.15, 0.2) is 120 Å². The van der Waals surface area contributed by atoms with Crippen LogP contribution in [-0.2, 0) is 12.8 Å². The number of aryl methyl sites for hydroxylation is 2. The summed E-state index contributed by atoms with van der Waals surface area (Å²) in [4.78, 5) is 10.3. The van der Waals surface area contributed by atoms with Crippen LogP contribution in [0.5, 0.6) is 5.75 Å². The summed E-state index contributed by atoms with van der Waals surface area (Å²) in [6.45, 7) is 4.39. The van der Waals surface area contributed by atoms with Gasteiger partial charge >= 0.3 is 0 Å². The standard InChI is InChI=1S/C40H39N3O/c1-3-5-16-29-26-31(17-6-4-2)39(44)32(27-29)28-41-36-24-14-13-22-35(36)40-42-38-34(30-18-9-7-10-19-30)23-15-25-37(38)43(40)33-20-11-8-12-21-33/h7-15,18-28,44H,3-6,16-17H2,1-2H3/b41-28+. The Hall–Kier alpha value is -4.96. The lowest BCUT2D eigenvalue weighted by atomic mass is 9.97. The Labute approximate surface area is 260 Å². The molecule has 0 bridgehead atoms. The van der Waals surface area contributed by atoms with Gasteiger partial charge in [0.15, 0.2) is 0 Å². The molecule has 4 nitrogen and oxygen atoms in total. The third kappa shape index (κ3) is 6.07. The first-order chi connectivity index (χ1) is 21.7. The Kier molecular flexibility index (Phi) is 8.98. The molecule has 0 aliphatic heterocycles. The average Bonchev–Trinajstić information content (AvgIpc) is 3.47. The second-order valence-electron chi connectivity index (χ2n) is 11.3. The van der Waals surface area contributed by atoms with Crippen LogP contribution in [0.4, 0.5) is 5.69 Å². The first kappa shape index (κ1) is 29.1. The highest BCUT2D eigenvalue weighted by atomic mass is 16.3. The topological polar surface area (TPSA) is 50.4 Å². The third-order valence-corrected chi connectivity index (χ3v) is 8.17. The van der Waals surface area contributed by atoms with E-state index in [1.807, 2.05) is 36.5 Å². The number of fused-ring (bicyclic) bond motifs is 1. The quantitative estimate of drug-likeness (QED) is 0.156. The lowest BCUT2D eigenvalue weighted by Gasteiger charge is -2.12. The van der Waals surface area contributed by atoms with E-state index in [0.717, 1.165) is 94.6 Å². The maximum atomic E-state index is 11.2. The van der Waals surface area contributed by atoms with E-state index >= 15 is 0 Å². The maximum absolute atomic E-state index is 11.2. The molecule has 0 saturated heterocycles. The molecule has 0 saturated carbocycles. The number of aliphatic imine (C=N–C) groups is 1. The number of imidazole rings is 1. The van der Waals surface area contributed by atoms with Crippen molar-refractivity contribution < 1.29 is 5.11 Å². The second-order valence-corrected chi connectivity index (χ2v) is 11.3. The number of benzene rings is 5. The summed E-state index contributed by atoms with van der Waals surface area (Å²) in [6, 6.07) is 39.6. The van der Waals surface area contributed by atoms with Gasteiger partial charge in [0.1, 0.15) is 11.6 Å². The number of aromatic hydroxyl groups is 1. The van der Waals surface area contributed by atoms with Gasteiger partial charge < -0.3 is 5.11 Å². The van der Waals surface area contributed by atoms with Crippen LogP contribution in [0.3, 0.4) is 0 Å². The Balaban J connectivity index is 1.50. The lowest BCUT2D eigenvalue weighted by Crippen LogP contribution is -1.98. The molecular weight excluding hydrogens is 538 g/mol. The summed E-state index contributed by atoms with van der Waals surface area (Å²) in [5.41, 5.74) is 9.99. The van der Waals surface area contributed by atoms with E-state index in [0.29, 0.717) is 5.75 Å². The zero-order valence-corrected chi connectivity index (χ0v) is 25.6. The van der Waals surface area contributed by atoms with Crippen LogP contribution >= 0.6 is 0 Å². The van der Waals surface area contributed by atoms with E-state index in [2.05, 4.69) is 103 Å². The molecule has 0 fully saturated rings. The van der Waals surface area contributed by atoms with E-state index in [9.17, 15) is 5.11 Å². The molecule has 0 aliphatic carbocycles. The van der Waals surface area contributed by atoms with Gasteiger partial charge in [-0.1, -0.05) is 106 Å². The highest BCUT2D eigenvalue weighted by molar-refractivity contribution is 5.97. The van der Waals surface area contributed by atoms with Crippen molar-refractivity contribution >= 4 is 22.9 Å². The van der Waals surface area contributed by atoms with Gasteiger partial charge in [-0.05, 0) is 78.8 Å². The summed E-state index contributed by atoms with van der Waals surface area (Å²) >= 11 is 0. The van der Waals surface area contributed by atoms with Gasteiger partial charge in [-0.2, -0.15) is 0 Å². The minimum Gasteiger partial charge on any atom is -0.507 e. The van der Waals surface area contributed by atoms with Crippen molar-refractivity contribution in [2.45, 2.75) is 52.4 Å². The molecule has 0 amide bonds. The number of hydrogen-bond acceptors (Lipinski definition) is 3. The first-order valence-electron chi connectivity index (χ1n) is 15.8. The molecule has 5 aromatic carbocycles. The van der Waals surface area contributed by atoms with Gasteiger partial charge in [0.25, 0.3) is 0 Å². The second kappa shape index (κ2) is 13.6. The minimum atomic E-state index is 0.337. The molecule has 0 spiro atoms. The summed E-state index contributed by atoms with van der Waals surface area (Å²) in [5.74, 6) is 1.16. The number of phenolic OH excluding ortho intramolecular Hbond substituents is 1. The molecule has 6 rings (SSSR count). The molecule has 0 radical (unpaired) electrons. The van der Waals surface area contributed by atoms with E-state index in [-0.39, 0.29) is 0 Å². The fourth-order valence-electron chi connectivity index (χ4n) is 5.85. The molecule has 0 aliphatic rings. The zero-order chi connectivity index (χ0) is 30.3. The summed E-state index contributed by atoms with van der Waals surface area (Å²) < 4.78 is 2.22. The number of nitrogens with zero attached hydrogens (tertiary/aromatic N) is 3. The number of hydrogen-bond donors (Lipinski definition) is 1. The highest BCUT2D eigenvalue weighted by Crippen LogP contribution is 2.38. The van der Waals surface area contributed by atoms with Crippen LogP contribution in [0.2, 0.25) is 0 Å². The fourth-order valence-corrected chi connectivity index (χ4v) is 5.85. The van der Waals surface area contributed by atoms with Crippen molar-refractivity contribution in [3.8, 4) is 34.0 Å². The number of para-hydroxylation sites is 3. The highest BCUT2D eigenvalue weighted by Gasteiger charge is 2.19. The van der Waals surface area contributed by atoms with Crippen molar-refractivity contribution in [1.82, 2.24) is 9.55 Å². The summed E-state index contributed by atoms with van der Waals surface area (Å²) in [5, 5.41) is 11.2. The van der Waals surface area contributed by atoms with E-state index in [1.54, 1.807) is 0 Å². The normalized spacial score (nSPS) is 11.5. The van der Waals surface area contributed by atoms with Crippen LogP contribution in [-0.4, -0.2) is 20.9 Å². The smallest absolute Gasteiger partial charge is 0.147 e. The number of rotatable bonds is 11. The largest absolute Gasteiger partial charge is 0.507 e. The Morgan fingerprint density at radius 1 is 0.727 bits per heavy atom. The summed E-state index contributed by atoms with van der Waals surface area (Å²) in [6.07, 6.45) is 8.08. The SMILES string of the molecule is CCCCc1cc(/C=N/c2ccccc2-c2nc3c(-c4ccccc4)cccc3n2-c2ccccc2)c(O)c(CCCC)c1. The van der Waals surface area contributed by atoms with E-state index < -0.39 is 0 Å². The molecule has 6 aromatic rings. The van der Waals surface area contributed by atoms with Gasteiger partial charge in [-0.15, -0.1) is 0 Å². The molecule has 0 unspecified atom stereocenters. The Morgan fingerprint density at radius 3 is 2.18 bits per heavy atom. The van der Waals surface area contributed by atoms with Crippen LogP contribution in [0.1, 0.15) is 56.2 Å². The van der Waals surface area contributed by atoms with E-state index in [4.69, 9.17) is 9.98 Å². The monoisotopic (exact) mass is 577 g/mol. The molecule has 1 aromatic heterocycles. The van der Waals surface area contributed by atoms with Gasteiger partial charge in [0.2, 0.25) is 0 Å². The van der Waals surface area contributed by atoms with Gasteiger partial charge in [-0.3, -0.25) is 9.56 Å². The Bertz CT molecular complexity index is 1890. The zero-order valence-electron chi connectivity index (χ0n) is 25.6. The van der Waals surface area contributed by atoms with Crippen molar-refractivity contribution in [3.63, 3.8) is 0 Å². The van der Waals surface area contributed by atoms with Crippen LogP contribution < -0.4 is 0 Å². The fraction of sp³-hybridized carbons (Fsp3) is 0.200. The third-order valence-electron chi connectivity index (χ3n) is 8.17. The van der Waals surface area contributed by atoms with Crippen molar-refractivity contribution in [1.29, 1.82) is 0 Å². The predicted octanol–water partition coefficient (Wildman–Crippen LogP) is 10.5. The molecule has 220 valence electrons. The molecular formula is C40H39N3O. The minimum absolute atomic E-state index is 0.337. The van der Waals surface area contributed by atoms with Gasteiger partial charge in [0, 0.05) is 28.6 Å². The number of unbranched alkanes of at least 4 members (excludes halogenated alkanes) is 2. The average molecular weight is 578 g/mol. The number of phenols is 1. The van der Waals surface area contributed by atoms with E-state index in [1.165, 1.54) is 5.56 Å². The van der Waals surface area contributed by atoms with Gasteiger partial charge in [-0.25, -0.2) is 4.98 Å². The van der Waals surface area contributed by atoms with Crippen molar-refractivity contribution in [3.05, 3.63) is 132 Å². The molecule has 1 heterocycles. The van der Waals surface area contributed by atoms with Gasteiger partial charge in [0.05, 0.1) is 16.7 Å². The summed E-state index contributed by atoms with van der Waals surface area (Å²) in [7, 11) is 0. The first-order valence-corrected chi connectivity index (χ1v) is 15.8. The molecule has 1 N–H and O–H groups in total. The predicted molar refractivity (Wildman–Crippen MR) is 185 cm³/mol. The van der Waals surface area contributed by atoms with Crippen LogP contribution in [0.25, 0.3) is 39.2 Å². The maximum Gasteiger partial charge on any atom is 0.147 e. The Morgan fingerprint density at radius 2 is 1.41 bits per heavy atom. The molecule has 0 atom stereocenters. The van der Waals surface area contributed by atoms with Crippen LogP contribution in [0, 0.1) is 0 Å². The molecule has 44 heavy (non-hydrogen) atoms. The number of aromatic nitrogens is 2. The van der Waals surface area contributed by atoms with Crippen molar-refractivity contribution in [2.75, 3.05) is 0 Å².